The normalized spacial score (nSPS) is 16.6. The minimum absolute atomic E-state index is 0.133. The van der Waals surface area contributed by atoms with Gasteiger partial charge in [-0.2, -0.15) is 4.98 Å². The van der Waals surface area contributed by atoms with Gasteiger partial charge in [-0.3, -0.25) is 4.79 Å². The molecule has 27 heavy (non-hydrogen) atoms. The number of carboxylic acid groups (broad SMARTS) is 1. The fraction of sp³-hybridized carbons (Fsp3) is 0.429. The maximum Gasteiger partial charge on any atom is 0.303 e. The highest BCUT2D eigenvalue weighted by Crippen LogP contribution is 2.29. The minimum Gasteiger partial charge on any atom is -0.481 e. The summed E-state index contributed by atoms with van der Waals surface area (Å²) in [6.45, 7) is 1.26. The van der Waals surface area contributed by atoms with Crippen LogP contribution in [0.2, 0.25) is 0 Å². The molecule has 0 radical (unpaired) electrons. The molecule has 1 aromatic carbocycles. The lowest BCUT2D eigenvalue weighted by molar-refractivity contribution is -0.136. The first-order valence-corrected chi connectivity index (χ1v) is 9.49. The van der Waals surface area contributed by atoms with Crippen molar-refractivity contribution >= 4 is 11.8 Å². The van der Waals surface area contributed by atoms with E-state index in [0.29, 0.717) is 31.2 Å². The molecule has 4 rings (SSSR count). The minimum atomic E-state index is -0.788. The number of aliphatic carboxylic acids is 1. The van der Waals surface area contributed by atoms with Gasteiger partial charge in [0.05, 0.1) is 0 Å². The molecule has 0 bridgehead atoms. The number of anilines is 1. The zero-order valence-corrected chi connectivity index (χ0v) is 15.2. The Labute approximate surface area is 157 Å². The van der Waals surface area contributed by atoms with Gasteiger partial charge in [-0.1, -0.05) is 18.2 Å². The van der Waals surface area contributed by atoms with Crippen LogP contribution in [-0.4, -0.2) is 28.7 Å². The molecule has 0 unspecified atom stereocenters. The van der Waals surface area contributed by atoms with Crippen molar-refractivity contribution < 1.29 is 19.0 Å². The van der Waals surface area contributed by atoms with Crippen LogP contribution in [0.25, 0.3) is 0 Å². The number of benzene rings is 1. The summed E-state index contributed by atoms with van der Waals surface area (Å²) < 4.78 is 20.2. The third-order valence-corrected chi connectivity index (χ3v) is 5.35. The molecule has 2 heterocycles. The van der Waals surface area contributed by atoms with Gasteiger partial charge in [-0.15, -0.1) is 0 Å². The highest BCUT2D eigenvalue weighted by molar-refractivity contribution is 5.67. The number of carbonyl (C=O) groups is 1. The van der Waals surface area contributed by atoms with E-state index in [9.17, 15) is 9.18 Å². The molecule has 0 saturated heterocycles. The molecule has 0 amide bonds. The van der Waals surface area contributed by atoms with Gasteiger partial charge < -0.3 is 14.7 Å². The lowest BCUT2D eigenvalue weighted by Gasteiger charge is -2.31. The first-order chi connectivity index (χ1) is 13.1. The standard InChI is InChI=1S/C21H23FN2O3/c22-18-7-8-19(27-17-2-1-3-17)23-21(18)24-11-10-15-12-14(5-9-20(25)26)4-6-16(15)13-24/h4,6-8,12,17H,1-3,5,9-11,13H2,(H,25,26). The molecule has 0 spiro atoms. The summed E-state index contributed by atoms with van der Waals surface area (Å²) >= 11 is 0. The molecule has 1 aliphatic heterocycles. The maximum atomic E-state index is 14.4. The highest BCUT2D eigenvalue weighted by atomic mass is 19.1. The number of rotatable bonds is 6. The van der Waals surface area contributed by atoms with Crippen LogP contribution in [0.15, 0.2) is 30.3 Å². The van der Waals surface area contributed by atoms with Gasteiger partial charge in [0.2, 0.25) is 5.88 Å². The van der Waals surface area contributed by atoms with Gasteiger partial charge >= 0.3 is 5.97 Å². The molecule has 2 aliphatic rings. The summed E-state index contributed by atoms with van der Waals surface area (Å²) in [5, 5.41) is 8.84. The number of carboxylic acids is 1. The molecule has 1 N–H and O–H groups in total. The van der Waals surface area contributed by atoms with Crippen LogP contribution in [0, 0.1) is 5.82 Å². The van der Waals surface area contributed by atoms with E-state index in [4.69, 9.17) is 9.84 Å². The molecule has 0 atom stereocenters. The van der Waals surface area contributed by atoms with Crippen LogP contribution in [0.4, 0.5) is 10.2 Å². The Hall–Kier alpha value is -2.63. The number of fused-ring (bicyclic) bond motifs is 1. The van der Waals surface area contributed by atoms with Crippen LogP contribution in [-0.2, 0) is 24.2 Å². The Kier molecular flexibility index (Phi) is 4.97. The van der Waals surface area contributed by atoms with Gasteiger partial charge in [0.25, 0.3) is 0 Å². The second-order valence-corrected chi connectivity index (χ2v) is 7.29. The first kappa shape index (κ1) is 17.8. The Morgan fingerprint density at radius 1 is 1.26 bits per heavy atom. The average molecular weight is 370 g/mol. The van der Waals surface area contributed by atoms with E-state index in [0.717, 1.165) is 30.4 Å². The predicted molar refractivity (Wildman–Crippen MR) is 99.6 cm³/mol. The summed E-state index contributed by atoms with van der Waals surface area (Å²) in [6.07, 6.45) is 4.91. The van der Waals surface area contributed by atoms with Crippen molar-refractivity contribution in [3.05, 3.63) is 52.8 Å². The number of hydrogen-bond donors (Lipinski definition) is 1. The van der Waals surface area contributed by atoms with E-state index >= 15 is 0 Å². The highest BCUT2D eigenvalue weighted by Gasteiger charge is 2.23. The number of aryl methyl sites for hydroxylation is 1. The number of halogens is 1. The van der Waals surface area contributed by atoms with Crippen molar-refractivity contribution in [1.82, 2.24) is 4.98 Å². The fourth-order valence-electron chi connectivity index (χ4n) is 3.55. The van der Waals surface area contributed by atoms with Gasteiger partial charge in [-0.25, -0.2) is 4.39 Å². The summed E-state index contributed by atoms with van der Waals surface area (Å²) in [6, 6.07) is 9.09. The van der Waals surface area contributed by atoms with Crippen LogP contribution in [0.3, 0.4) is 0 Å². The number of ether oxygens (including phenoxy) is 1. The summed E-state index contributed by atoms with van der Waals surface area (Å²) in [5.41, 5.74) is 3.37. The topological polar surface area (TPSA) is 62.7 Å². The lowest BCUT2D eigenvalue weighted by Crippen LogP contribution is -2.32. The Balaban J connectivity index is 1.49. The maximum absolute atomic E-state index is 14.4. The van der Waals surface area contributed by atoms with E-state index in [1.807, 2.05) is 17.0 Å². The molecule has 142 valence electrons. The lowest BCUT2D eigenvalue weighted by atomic mass is 9.95. The van der Waals surface area contributed by atoms with Crippen molar-refractivity contribution in [1.29, 1.82) is 0 Å². The van der Waals surface area contributed by atoms with Crippen LogP contribution >= 0.6 is 0 Å². The van der Waals surface area contributed by atoms with Gasteiger partial charge in [0.1, 0.15) is 6.10 Å². The Bertz CT molecular complexity index is 851. The van der Waals surface area contributed by atoms with Crippen molar-refractivity contribution in [3.8, 4) is 5.88 Å². The number of aromatic nitrogens is 1. The van der Waals surface area contributed by atoms with Crippen LogP contribution < -0.4 is 9.64 Å². The molecule has 1 fully saturated rings. The van der Waals surface area contributed by atoms with Gasteiger partial charge in [-0.05, 0) is 54.9 Å². The molecule has 6 heteroatoms. The molecule has 1 saturated carbocycles. The third-order valence-electron chi connectivity index (χ3n) is 5.35. The largest absolute Gasteiger partial charge is 0.481 e. The zero-order chi connectivity index (χ0) is 18.8. The van der Waals surface area contributed by atoms with E-state index < -0.39 is 5.97 Å². The van der Waals surface area contributed by atoms with Crippen molar-refractivity contribution in [2.75, 3.05) is 11.4 Å². The summed E-state index contributed by atoms with van der Waals surface area (Å²) in [5.74, 6) is -0.291. The SMILES string of the molecule is O=C(O)CCc1ccc2c(c1)CCN(c1nc(OC3CCC3)ccc1F)C2. The molecular weight excluding hydrogens is 347 g/mol. The van der Waals surface area contributed by atoms with E-state index in [1.165, 1.54) is 18.1 Å². The van der Waals surface area contributed by atoms with Crippen molar-refractivity contribution in [2.24, 2.45) is 0 Å². The fourth-order valence-corrected chi connectivity index (χ4v) is 3.55. The van der Waals surface area contributed by atoms with Crippen LogP contribution in [0.5, 0.6) is 5.88 Å². The summed E-state index contributed by atoms with van der Waals surface area (Å²) in [4.78, 5) is 17.1. The molecule has 2 aromatic rings. The number of hydrogen-bond acceptors (Lipinski definition) is 4. The van der Waals surface area contributed by atoms with Gasteiger partial charge in [0, 0.05) is 25.6 Å². The number of nitrogens with zero attached hydrogens (tertiary/aromatic N) is 2. The molecule has 1 aromatic heterocycles. The second kappa shape index (κ2) is 7.55. The number of pyridine rings is 1. The quantitative estimate of drug-likeness (QED) is 0.839. The van der Waals surface area contributed by atoms with E-state index in [1.54, 1.807) is 6.07 Å². The average Bonchev–Trinajstić information content (AvgIpc) is 2.63. The van der Waals surface area contributed by atoms with E-state index in [2.05, 4.69) is 11.1 Å². The van der Waals surface area contributed by atoms with Crippen molar-refractivity contribution in [2.45, 2.75) is 51.2 Å². The van der Waals surface area contributed by atoms with E-state index in [-0.39, 0.29) is 18.3 Å². The smallest absolute Gasteiger partial charge is 0.303 e. The molecular formula is C21H23FN2O3. The van der Waals surface area contributed by atoms with Gasteiger partial charge in [0.15, 0.2) is 11.6 Å². The predicted octanol–water partition coefficient (Wildman–Crippen LogP) is 3.73. The zero-order valence-electron chi connectivity index (χ0n) is 15.2. The third kappa shape index (κ3) is 4.04. The van der Waals surface area contributed by atoms with Crippen LogP contribution in [0.1, 0.15) is 42.4 Å². The van der Waals surface area contributed by atoms with Crippen molar-refractivity contribution in [3.63, 3.8) is 0 Å². The Morgan fingerprint density at radius 3 is 2.85 bits per heavy atom. The monoisotopic (exact) mass is 370 g/mol. The Morgan fingerprint density at radius 2 is 2.11 bits per heavy atom. The summed E-state index contributed by atoms with van der Waals surface area (Å²) in [7, 11) is 0. The molecule has 1 aliphatic carbocycles. The molecule has 5 nitrogen and oxygen atoms in total. The first-order valence-electron chi connectivity index (χ1n) is 9.49. The second-order valence-electron chi connectivity index (χ2n) is 7.29.